The summed E-state index contributed by atoms with van der Waals surface area (Å²) in [6.45, 7) is 5.14. The van der Waals surface area contributed by atoms with Crippen LogP contribution in [0.2, 0.25) is 0 Å². The van der Waals surface area contributed by atoms with Crippen LogP contribution in [0.4, 0.5) is 5.82 Å². The molecule has 0 amide bonds. The van der Waals surface area contributed by atoms with Crippen LogP contribution in [0.5, 0.6) is 0 Å². The Hall–Kier alpha value is -1.65. The summed E-state index contributed by atoms with van der Waals surface area (Å²) in [4.78, 5) is 18.3. The molecule has 0 aromatic carbocycles. The quantitative estimate of drug-likeness (QED) is 0.771. The molecule has 88 valence electrons. The summed E-state index contributed by atoms with van der Waals surface area (Å²) in [7, 11) is 0. The van der Waals surface area contributed by atoms with Crippen LogP contribution in [-0.2, 0) is 0 Å². The molecular formula is C11H17N3O2. The fourth-order valence-electron chi connectivity index (χ4n) is 1.36. The molecular weight excluding hydrogens is 206 g/mol. The highest BCUT2D eigenvalue weighted by atomic mass is 16.4. The van der Waals surface area contributed by atoms with Gasteiger partial charge in [0, 0.05) is 6.54 Å². The summed E-state index contributed by atoms with van der Waals surface area (Å²) < 4.78 is 0. The first kappa shape index (κ1) is 12.4. The number of anilines is 1. The molecule has 0 bridgehead atoms. The smallest absolute Gasteiger partial charge is 0.356 e. The summed E-state index contributed by atoms with van der Waals surface area (Å²) in [5.41, 5.74) is -0.0342. The SMILES string of the molecule is CCC(CC)CNc1cnc(C(=O)O)cn1. The third-order valence-electron chi connectivity index (χ3n) is 2.60. The van der Waals surface area contributed by atoms with Crippen LogP contribution in [0, 0.1) is 5.92 Å². The summed E-state index contributed by atoms with van der Waals surface area (Å²) in [5.74, 6) is 0.178. The van der Waals surface area contributed by atoms with Crippen LogP contribution < -0.4 is 5.32 Å². The Labute approximate surface area is 94.9 Å². The Morgan fingerprint density at radius 1 is 1.38 bits per heavy atom. The van der Waals surface area contributed by atoms with Crippen LogP contribution >= 0.6 is 0 Å². The van der Waals surface area contributed by atoms with Crippen LogP contribution in [0.15, 0.2) is 12.4 Å². The zero-order chi connectivity index (χ0) is 12.0. The highest BCUT2D eigenvalue weighted by molar-refractivity contribution is 5.84. The van der Waals surface area contributed by atoms with Gasteiger partial charge in [-0.1, -0.05) is 26.7 Å². The molecule has 0 aliphatic carbocycles. The standard InChI is InChI=1S/C11H17N3O2/c1-3-8(4-2)5-13-10-7-12-9(6-14-10)11(15)16/h6-8H,3-5H2,1-2H3,(H,13,14)(H,15,16). The van der Waals surface area contributed by atoms with Gasteiger partial charge in [-0.2, -0.15) is 0 Å². The molecule has 0 aliphatic heterocycles. The molecule has 5 nitrogen and oxygen atoms in total. The number of hydrogen-bond acceptors (Lipinski definition) is 4. The number of carboxylic acid groups (broad SMARTS) is 1. The van der Waals surface area contributed by atoms with Gasteiger partial charge in [0.05, 0.1) is 12.4 Å². The minimum Gasteiger partial charge on any atom is -0.476 e. The van der Waals surface area contributed by atoms with Gasteiger partial charge in [0.1, 0.15) is 5.82 Å². The number of aromatic carboxylic acids is 1. The van der Waals surface area contributed by atoms with Gasteiger partial charge in [-0.15, -0.1) is 0 Å². The molecule has 0 spiro atoms. The van der Waals surface area contributed by atoms with Crippen molar-refractivity contribution in [3.63, 3.8) is 0 Å². The normalized spacial score (nSPS) is 10.4. The molecule has 0 unspecified atom stereocenters. The maximum Gasteiger partial charge on any atom is 0.356 e. The van der Waals surface area contributed by atoms with Crippen molar-refractivity contribution in [2.45, 2.75) is 26.7 Å². The minimum atomic E-state index is -1.06. The third-order valence-corrected chi connectivity index (χ3v) is 2.60. The van der Waals surface area contributed by atoms with Gasteiger partial charge >= 0.3 is 5.97 Å². The zero-order valence-electron chi connectivity index (χ0n) is 9.60. The number of nitrogens with one attached hydrogen (secondary N) is 1. The van der Waals surface area contributed by atoms with Gasteiger partial charge in [0.15, 0.2) is 5.69 Å². The molecule has 0 saturated carbocycles. The van der Waals surface area contributed by atoms with Gasteiger partial charge in [0.2, 0.25) is 0 Å². The molecule has 1 heterocycles. The maximum absolute atomic E-state index is 10.5. The summed E-state index contributed by atoms with van der Waals surface area (Å²) in [6, 6.07) is 0. The van der Waals surface area contributed by atoms with E-state index in [1.807, 2.05) is 0 Å². The van der Waals surface area contributed by atoms with Crippen molar-refractivity contribution in [3.05, 3.63) is 18.1 Å². The number of carbonyl (C=O) groups is 1. The second-order valence-electron chi connectivity index (χ2n) is 3.66. The monoisotopic (exact) mass is 223 g/mol. The highest BCUT2D eigenvalue weighted by Gasteiger charge is 2.06. The van der Waals surface area contributed by atoms with Gasteiger partial charge in [-0.05, 0) is 5.92 Å². The lowest BCUT2D eigenvalue weighted by atomic mass is 10.0. The van der Waals surface area contributed by atoms with E-state index in [0.717, 1.165) is 19.4 Å². The van der Waals surface area contributed by atoms with Crippen molar-refractivity contribution in [1.29, 1.82) is 0 Å². The molecule has 5 heteroatoms. The predicted octanol–water partition coefficient (Wildman–Crippen LogP) is 2.02. The fourth-order valence-corrected chi connectivity index (χ4v) is 1.36. The Kier molecular flexibility index (Phi) is 4.69. The Morgan fingerprint density at radius 2 is 2.06 bits per heavy atom. The van der Waals surface area contributed by atoms with E-state index in [0.29, 0.717) is 11.7 Å². The average molecular weight is 223 g/mol. The molecule has 0 radical (unpaired) electrons. The number of nitrogens with zero attached hydrogens (tertiary/aromatic N) is 2. The number of aromatic nitrogens is 2. The topological polar surface area (TPSA) is 75.1 Å². The lowest BCUT2D eigenvalue weighted by Crippen LogP contribution is -2.14. The molecule has 1 rings (SSSR count). The molecule has 1 aromatic rings. The van der Waals surface area contributed by atoms with Crippen molar-refractivity contribution in [3.8, 4) is 0 Å². The molecule has 0 atom stereocenters. The van der Waals surface area contributed by atoms with Crippen LogP contribution in [0.3, 0.4) is 0 Å². The summed E-state index contributed by atoms with van der Waals surface area (Å²) in [6.07, 6.45) is 4.94. The first-order chi connectivity index (χ1) is 7.67. The van der Waals surface area contributed by atoms with E-state index in [2.05, 4.69) is 29.1 Å². The first-order valence-electron chi connectivity index (χ1n) is 5.46. The van der Waals surface area contributed by atoms with E-state index in [1.165, 1.54) is 12.4 Å². The summed E-state index contributed by atoms with van der Waals surface area (Å²) in [5, 5.41) is 11.8. The van der Waals surface area contributed by atoms with Crippen molar-refractivity contribution < 1.29 is 9.90 Å². The first-order valence-corrected chi connectivity index (χ1v) is 5.46. The molecule has 1 aromatic heterocycles. The average Bonchev–Trinajstić information content (AvgIpc) is 2.31. The van der Waals surface area contributed by atoms with E-state index < -0.39 is 5.97 Å². The molecule has 0 aliphatic rings. The highest BCUT2D eigenvalue weighted by Crippen LogP contribution is 2.09. The van der Waals surface area contributed by atoms with Crippen LogP contribution in [0.25, 0.3) is 0 Å². The van der Waals surface area contributed by atoms with Crippen LogP contribution in [0.1, 0.15) is 37.2 Å². The van der Waals surface area contributed by atoms with Gasteiger partial charge < -0.3 is 10.4 Å². The maximum atomic E-state index is 10.5. The van der Waals surface area contributed by atoms with Crippen molar-refractivity contribution in [2.75, 3.05) is 11.9 Å². The van der Waals surface area contributed by atoms with Crippen LogP contribution in [-0.4, -0.2) is 27.6 Å². The largest absolute Gasteiger partial charge is 0.476 e. The predicted molar refractivity (Wildman–Crippen MR) is 61.6 cm³/mol. The molecule has 0 saturated heterocycles. The van der Waals surface area contributed by atoms with E-state index in [9.17, 15) is 4.79 Å². The van der Waals surface area contributed by atoms with Gasteiger partial charge in [-0.3, -0.25) is 0 Å². The Morgan fingerprint density at radius 3 is 2.50 bits per heavy atom. The molecule has 16 heavy (non-hydrogen) atoms. The lowest BCUT2D eigenvalue weighted by Gasteiger charge is -2.13. The van der Waals surface area contributed by atoms with E-state index in [-0.39, 0.29) is 5.69 Å². The zero-order valence-corrected chi connectivity index (χ0v) is 9.60. The second-order valence-corrected chi connectivity index (χ2v) is 3.66. The molecule has 0 fully saturated rings. The lowest BCUT2D eigenvalue weighted by molar-refractivity contribution is 0.0690. The second kappa shape index (κ2) is 6.05. The third kappa shape index (κ3) is 3.49. The number of hydrogen-bond donors (Lipinski definition) is 2. The van der Waals surface area contributed by atoms with Crippen molar-refractivity contribution in [1.82, 2.24) is 9.97 Å². The minimum absolute atomic E-state index is 0.0342. The van der Waals surface area contributed by atoms with Gasteiger partial charge in [-0.25, -0.2) is 14.8 Å². The Bertz CT molecular complexity index is 334. The van der Waals surface area contributed by atoms with E-state index >= 15 is 0 Å². The fraction of sp³-hybridized carbons (Fsp3) is 0.545. The Balaban J connectivity index is 2.52. The number of carboxylic acids is 1. The van der Waals surface area contributed by atoms with E-state index in [1.54, 1.807) is 0 Å². The molecule has 2 N–H and O–H groups in total. The summed E-state index contributed by atoms with van der Waals surface area (Å²) >= 11 is 0. The van der Waals surface area contributed by atoms with Crippen molar-refractivity contribution >= 4 is 11.8 Å². The van der Waals surface area contributed by atoms with Crippen molar-refractivity contribution in [2.24, 2.45) is 5.92 Å². The number of rotatable bonds is 6. The van der Waals surface area contributed by atoms with E-state index in [4.69, 9.17) is 5.11 Å². The van der Waals surface area contributed by atoms with Gasteiger partial charge in [0.25, 0.3) is 0 Å².